The fourth-order valence-electron chi connectivity index (χ4n) is 1.05. The zero-order valence-corrected chi connectivity index (χ0v) is 11.3. The van der Waals surface area contributed by atoms with Crippen LogP contribution in [0, 0.1) is 5.41 Å². The van der Waals surface area contributed by atoms with Crippen LogP contribution in [0.1, 0.15) is 0 Å². The molecule has 18 heavy (non-hydrogen) atoms. The highest BCUT2D eigenvalue weighted by molar-refractivity contribution is 5.76. The maximum atomic E-state index is 7.54. The van der Waals surface area contributed by atoms with Gasteiger partial charge in [-0.1, -0.05) is 0 Å². The van der Waals surface area contributed by atoms with Gasteiger partial charge in [0.15, 0.2) is 5.96 Å². The predicted octanol–water partition coefficient (Wildman–Crippen LogP) is -0.574. The van der Waals surface area contributed by atoms with Crippen molar-refractivity contribution in [2.45, 2.75) is 0 Å². The minimum absolute atomic E-state index is 0.278. The smallest absolute Gasteiger partial charge is 0.188 e. The molecule has 7 nitrogen and oxygen atoms in total. The van der Waals surface area contributed by atoms with E-state index in [4.69, 9.17) is 24.4 Å². The maximum Gasteiger partial charge on any atom is 0.188 e. The average Bonchev–Trinajstić information content (AvgIpc) is 2.38. The molecule has 0 radical (unpaired) electrons. The van der Waals surface area contributed by atoms with Crippen molar-refractivity contribution in [1.82, 2.24) is 10.6 Å². The SMILES string of the molecule is COCCOCCNC(=N)NCCOCCOC. The van der Waals surface area contributed by atoms with Crippen LogP contribution in [-0.2, 0) is 18.9 Å². The predicted molar refractivity (Wildman–Crippen MR) is 69.1 cm³/mol. The Morgan fingerprint density at radius 1 is 0.778 bits per heavy atom. The molecule has 0 saturated carbocycles. The van der Waals surface area contributed by atoms with E-state index >= 15 is 0 Å². The molecule has 0 aliphatic rings. The molecule has 7 heteroatoms. The Morgan fingerprint density at radius 2 is 1.22 bits per heavy atom. The molecule has 0 aromatic heterocycles. The van der Waals surface area contributed by atoms with E-state index in [-0.39, 0.29) is 5.96 Å². The van der Waals surface area contributed by atoms with E-state index in [9.17, 15) is 0 Å². The molecule has 0 amide bonds. The molecule has 0 unspecified atom stereocenters. The van der Waals surface area contributed by atoms with Gasteiger partial charge in [0.05, 0.1) is 39.6 Å². The third kappa shape index (κ3) is 13.2. The number of rotatable bonds is 12. The first kappa shape index (κ1) is 17.1. The zero-order valence-electron chi connectivity index (χ0n) is 11.3. The quantitative estimate of drug-likeness (QED) is 0.248. The number of ether oxygens (including phenoxy) is 4. The van der Waals surface area contributed by atoms with Crippen molar-refractivity contribution in [2.24, 2.45) is 0 Å². The van der Waals surface area contributed by atoms with Gasteiger partial charge < -0.3 is 29.6 Å². The van der Waals surface area contributed by atoms with Crippen molar-refractivity contribution in [3.63, 3.8) is 0 Å². The summed E-state index contributed by atoms with van der Waals surface area (Å²) in [5.74, 6) is 0.278. The van der Waals surface area contributed by atoms with Gasteiger partial charge in [0.2, 0.25) is 0 Å². The highest BCUT2D eigenvalue weighted by atomic mass is 16.5. The van der Waals surface area contributed by atoms with Gasteiger partial charge in [-0.15, -0.1) is 0 Å². The molecular formula is C11H25N3O4. The van der Waals surface area contributed by atoms with Crippen LogP contribution in [0.25, 0.3) is 0 Å². The topological polar surface area (TPSA) is 84.8 Å². The number of guanidine groups is 1. The highest BCUT2D eigenvalue weighted by Gasteiger charge is 1.95. The Bertz CT molecular complexity index is 175. The fourth-order valence-corrected chi connectivity index (χ4v) is 1.05. The van der Waals surface area contributed by atoms with Crippen molar-refractivity contribution in [3.05, 3.63) is 0 Å². The summed E-state index contributed by atoms with van der Waals surface area (Å²) in [7, 11) is 3.27. The lowest BCUT2D eigenvalue weighted by molar-refractivity contribution is 0.0722. The molecule has 0 aliphatic carbocycles. The second-order valence-electron chi connectivity index (χ2n) is 3.44. The van der Waals surface area contributed by atoms with E-state index in [1.807, 2.05) is 0 Å². The van der Waals surface area contributed by atoms with Crippen LogP contribution < -0.4 is 10.6 Å². The number of hydrogen-bond acceptors (Lipinski definition) is 5. The number of nitrogens with one attached hydrogen (secondary N) is 3. The van der Waals surface area contributed by atoms with Crippen LogP contribution >= 0.6 is 0 Å². The minimum atomic E-state index is 0.278. The molecule has 0 rings (SSSR count). The molecule has 0 aliphatic heterocycles. The first-order chi connectivity index (χ1) is 8.81. The number of methoxy groups -OCH3 is 2. The van der Waals surface area contributed by atoms with E-state index in [0.717, 1.165) is 0 Å². The minimum Gasteiger partial charge on any atom is -0.382 e. The van der Waals surface area contributed by atoms with Crippen molar-refractivity contribution >= 4 is 5.96 Å². The molecule has 0 atom stereocenters. The third-order valence-corrected chi connectivity index (χ3v) is 1.96. The lowest BCUT2D eigenvalue weighted by atomic mass is 10.6. The maximum absolute atomic E-state index is 7.54. The van der Waals surface area contributed by atoms with Crippen LogP contribution in [-0.4, -0.2) is 72.9 Å². The van der Waals surface area contributed by atoms with Gasteiger partial charge in [0.1, 0.15) is 0 Å². The van der Waals surface area contributed by atoms with Gasteiger partial charge in [-0.3, -0.25) is 5.41 Å². The Kier molecular flexibility index (Phi) is 13.5. The molecule has 0 bridgehead atoms. The second-order valence-corrected chi connectivity index (χ2v) is 3.44. The third-order valence-electron chi connectivity index (χ3n) is 1.96. The van der Waals surface area contributed by atoms with E-state index in [2.05, 4.69) is 10.6 Å². The van der Waals surface area contributed by atoms with Crippen LogP contribution in [0.5, 0.6) is 0 Å². The zero-order chi connectivity index (χ0) is 13.5. The van der Waals surface area contributed by atoms with Gasteiger partial charge in [-0.05, 0) is 0 Å². The van der Waals surface area contributed by atoms with Gasteiger partial charge in [0.25, 0.3) is 0 Å². The molecule has 0 heterocycles. The standard InChI is InChI=1S/C11H25N3O4/c1-15-7-9-17-5-3-13-11(12)14-4-6-18-10-8-16-2/h3-10H2,1-2H3,(H3,12,13,14). The lowest BCUT2D eigenvalue weighted by Crippen LogP contribution is -2.39. The summed E-state index contributed by atoms with van der Waals surface area (Å²) in [6.07, 6.45) is 0. The van der Waals surface area contributed by atoms with E-state index < -0.39 is 0 Å². The van der Waals surface area contributed by atoms with Crippen molar-refractivity contribution in [1.29, 1.82) is 5.41 Å². The lowest BCUT2D eigenvalue weighted by Gasteiger charge is -2.10. The molecular weight excluding hydrogens is 238 g/mol. The Hall–Kier alpha value is -0.890. The first-order valence-electron chi connectivity index (χ1n) is 6.01. The molecule has 0 fully saturated rings. The van der Waals surface area contributed by atoms with E-state index in [0.29, 0.717) is 52.7 Å². The van der Waals surface area contributed by atoms with Crippen LogP contribution in [0.2, 0.25) is 0 Å². The summed E-state index contributed by atoms with van der Waals surface area (Å²) in [4.78, 5) is 0. The summed E-state index contributed by atoms with van der Waals surface area (Å²) in [5.41, 5.74) is 0. The van der Waals surface area contributed by atoms with Gasteiger partial charge in [-0.25, -0.2) is 0 Å². The molecule has 0 aromatic carbocycles. The Morgan fingerprint density at radius 3 is 1.61 bits per heavy atom. The Balaban J connectivity index is 3.12. The molecule has 3 N–H and O–H groups in total. The molecule has 0 spiro atoms. The van der Waals surface area contributed by atoms with Crippen molar-refractivity contribution in [3.8, 4) is 0 Å². The average molecular weight is 263 g/mol. The van der Waals surface area contributed by atoms with E-state index in [1.54, 1.807) is 14.2 Å². The summed E-state index contributed by atoms with van der Waals surface area (Å²) in [5, 5.41) is 13.3. The summed E-state index contributed by atoms with van der Waals surface area (Å²) >= 11 is 0. The molecule has 0 aromatic rings. The summed E-state index contributed by atoms with van der Waals surface area (Å²) in [6, 6.07) is 0. The first-order valence-corrected chi connectivity index (χ1v) is 6.01. The number of hydrogen-bond donors (Lipinski definition) is 3. The largest absolute Gasteiger partial charge is 0.382 e. The second kappa shape index (κ2) is 14.2. The molecule has 0 saturated heterocycles. The normalized spacial score (nSPS) is 10.3. The molecule has 108 valence electrons. The monoisotopic (exact) mass is 263 g/mol. The van der Waals surface area contributed by atoms with Crippen LogP contribution in [0.4, 0.5) is 0 Å². The summed E-state index contributed by atoms with van der Waals surface area (Å²) < 4.78 is 20.2. The Labute approximate surface area is 109 Å². The van der Waals surface area contributed by atoms with Crippen LogP contribution in [0.15, 0.2) is 0 Å². The highest BCUT2D eigenvalue weighted by Crippen LogP contribution is 1.76. The van der Waals surface area contributed by atoms with Crippen molar-refractivity contribution < 1.29 is 18.9 Å². The van der Waals surface area contributed by atoms with Gasteiger partial charge in [0, 0.05) is 27.3 Å². The summed E-state index contributed by atoms with van der Waals surface area (Å²) in [6.45, 7) is 4.64. The van der Waals surface area contributed by atoms with E-state index in [1.165, 1.54) is 0 Å². The van der Waals surface area contributed by atoms with Gasteiger partial charge >= 0.3 is 0 Å². The van der Waals surface area contributed by atoms with Crippen LogP contribution in [0.3, 0.4) is 0 Å². The van der Waals surface area contributed by atoms with Gasteiger partial charge in [-0.2, -0.15) is 0 Å². The fraction of sp³-hybridized carbons (Fsp3) is 0.909. The van der Waals surface area contributed by atoms with Crippen molar-refractivity contribution in [2.75, 3.05) is 67.0 Å².